The molecule has 160 valence electrons. The molecule has 0 unspecified atom stereocenters. The van der Waals surface area contributed by atoms with E-state index in [4.69, 9.17) is 14.6 Å². The molecule has 1 atom stereocenters. The molecule has 0 aromatic heterocycles. The number of hydrogen-bond acceptors (Lipinski definition) is 5. The first-order valence-corrected chi connectivity index (χ1v) is 9.62. The molecule has 30 heavy (non-hydrogen) atoms. The van der Waals surface area contributed by atoms with Gasteiger partial charge in [0.15, 0.2) is 0 Å². The fraction of sp³-hybridized carbons (Fsp3) is 0.348. The van der Waals surface area contributed by atoms with Crippen molar-refractivity contribution in [3.05, 3.63) is 71.3 Å². The standard InChI is InChI=1S/C23H27NO6/c1-23(2,3)30-22(28)24-19(13-16-7-5-4-6-8-16)21(27)29-15-18-11-9-17(10-12-18)14-20(25)26/h4-12,19H,13-15H2,1-3H3,(H,24,28)(H,25,26)/t19-/m0/s1. The van der Waals surface area contributed by atoms with E-state index in [1.807, 2.05) is 30.3 Å². The smallest absolute Gasteiger partial charge is 0.408 e. The Hall–Kier alpha value is -3.35. The van der Waals surface area contributed by atoms with Gasteiger partial charge in [-0.15, -0.1) is 0 Å². The summed E-state index contributed by atoms with van der Waals surface area (Å²) in [5.74, 6) is -1.49. The lowest BCUT2D eigenvalue weighted by Crippen LogP contribution is -2.45. The van der Waals surface area contributed by atoms with Crippen LogP contribution in [0.1, 0.15) is 37.5 Å². The van der Waals surface area contributed by atoms with Crippen molar-refractivity contribution in [1.29, 1.82) is 0 Å². The molecule has 2 aromatic rings. The van der Waals surface area contributed by atoms with E-state index in [9.17, 15) is 14.4 Å². The second-order valence-electron chi connectivity index (χ2n) is 7.88. The van der Waals surface area contributed by atoms with Gasteiger partial charge in [-0.1, -0.05) is 54.6 Å². The first kappa shape index (κ1) is 22.9. The van der Waals surface area contributed by atoms with Crippen LogP contribution in [0.25, 0.3) is 0 Å². The number of carbonyl (C=O) groups is 3. The topological polar surface area (TPSA) is 102 Å². The van der Waals surface area contributed by atoms with E-state index in [1.165, 1.54) is 0 Å². The van der Waals surface area contributed by atoms with Crippen molar-refractivity contribution in [2.75, 3.05) is 0 Å². The monoisotopic (exact) mass is 413 g/mol. The Labute approximate surface area is 176 Å². The predicted molar refractivity (Wildman–Crippen MR) is 111 cm³/mol. The van der Waals surface area contributed by atoms with Gasteiger partial charge in [-0.3, -0.25) is 4.79 Å². The molecule has 0 fully saturated rings. The zero-order chi connectivity index (χ0) is 22.1. The van der Waals surface area contributed by atoms with Crippen LogP contribution in [0.4, 0.5) is 4.79 Å². The van der Waals surface area contributed by atoms with Crippen molar-refractivity contribution >= 4 is 18.0 Å². The summed E-state index contributed by atoms with van der Waals surface area (Å²) in [5.41, 5.74) is 1.55. The number of hydrogen-bond donors (Lipinski definition) is 2. The van der Waals surface area contributed by atoms with Crippen LogP contribution in [0.5, 0.6) is 0 Å². The van der Waals surface area contributed by atoms with E-state index in [2.05, 4.69) is 5.32 Å². The number of carboxylic acids is 1. The van der Waals surface area contributed by atoms with E-state index < -0.39 is 29.7 Å². The van der Waals surface area contributed by atoms with Crippen LogP contribution in [-0.2, 0) is 38.5 Å². The van der Waals surface area contributed by atoms with Crippen LogP contribution < -0.4 is 5.32 Å². The van der Waals surface area contributed by atoms with Gasteiger partial charge >= 0.3 is 18.0 Å². The third-order valence-electron chi connectivity index (χ3n) is 4.02. The number of amides is 1. The highest BCUT2D eigenvalue weighted by atomic mass is 16.6. The fourth-order valence-electron chi connectivity index (χ4n) is 2.68. The Kier molecular flexibility index (Phi) is 7.98. The summed E-state index contributed by atoms with van der Waals surface area (Å²) in [5, 5.41) is 11.4. The predicted octanol–water partition coefficient (Wildman–Crippen LogP) is 3.49. The summed E-state index contributed by atoms with van der Waals surface area (Å²) >= 11 is 0. The lowest BCUT2D eigenvalue weighted by atomic mass is 10.1. The molecule has 0 aliphatic carbocycles. The minimum Gasteiger partial charge on any atom is -0.481 e. The van der Waals surface area contributed by atoms with Gasteiger partial charge in [0, 0.05) is 6.42 Å². The van der Waals surface area contributed by atoms with Gasteiger partial charge in [0.2, 0.25) is 0 Å². The third-order valence-corrected chi connectivity index (χ3v) is 4.02. The lowest BCUT2D eigenvalue weighted by molar-refractivity contribution is -0.147. The highest BCUT2D eigenvalue weighted by Crippen LogP contribution is 2.11. The first-order chi connectivity index (χ1) is 14.1. The minimum atomic E-state index is -0.911. The number of ether oxygens (including phenoxy) is 2. The Balaban J connectivity index is 2.02. The summed E-state index contributed by atoms with van der Waals surface area (Å²) in [6.45, 7) is 5.23. The maximum Gasteiger partial charge on any atom is 0.408 e. The Morgan fingerprint density at radius 2 is 1.53 bits per heavy atom. The van der Waals surface area contributed by atoms with Gasteiger partial charge in [0.05, 0.1) is 6.42 Å². The van der Waals surface area contributed by atoms with Gasteiger partial charge in [-0.05, 0) is 37.5 Å². The van der Waals surface area contributed by atoms with Gasteiger partial charge in [-0.25, -0.2) is 9.59 Å². The quantitative estimate of drug-likeness (QED) is 0.643. The second-order valence-corrected chi connectivity index (χ2v) is 7.88. The number of benzene rings is 2. The van der Waals surface area contributed by atoms with Crippen molar-refractivity contribution in [2.24, 2.45) is 0 Å². The summed E-state index contributed by atoms with van der Waals surface area (Å²) in [7, 11) is 0. The largest absolute Gasteiger partial charge is 0.481 e. The Bertz CT molecular complexity index is 856. The second kappa shape index (κ2) is 10.4. The summed E-state index contributed by atoms with van der Waals surface area (Å²) in [6, 6.07) is 15.2. The van der Waals surface area contributed by atoms with Crippen LogP contribution in [-0.4, -0.2) is 34.8 Å². The zero-order valence-electron chi connectivity index (χ0n) is 17.4. The Morgan fingerprint density at radius 1 is 0.933 bits per heavy atom. The molecular formula is C23H27NO6. The molecular weight excluding hydrogens is 386 g/mol. The zero-order valence-corrected chi connectivity index (χ0v) is 17.4. The van der Waals surface area contributed by atoms with Gasteiger partial charge in [0.1, 0.15) is 18.2 Å². The van der Waals surface area contributed by atoms with E-state index in [0.717, 1.165) is 5.56 Å². The molecule has 0 aliphatic heterocycles. The minimum absolute atomic E-state index is 0.00741. The maximum atomic E-state index is 12.7. The molecule has 0 bridgehead atoms. The number of esters is 1. The van der Waals surface area contributed by atoms with Crippen molar-refractivity contribution in [1.82, 2.24) is 5.32 Å². The molecule has 1 amide bonds. The van der Waals surface area contributed by atoms with Gasteiger partial charge in [-0.2, -0.15) is 0 Å². The van der Waals surface area contributed by atoms with Crippen LogP contribution in [0.15, 0.2) is 54.6 Å². The fourth-order valence-corrected chi connectivity index (χ4v) is 2.68. The molecule has 7 heteroatoms. The van der Waals surface area contributed by atoms with Crippen LogP contribution in [0.3, 0.4) is 0 Å². The Morgan fingerprint density at radius 3 is 2.10 bits per heavy atom. The average Bonchev–Trinajstić information content (AvgIpc) is 2.65. The maximum absolute atomic E-state index is 12.7. The number of alkyl carbamates (subject to hydrolysis) is 1. The molecule has 2 rings (SSSR count). The highest BCUT2D eigenvalue weighted by Gasteiger charge is 2.26. The molecule has 0 spiro atoms. The number of carboxylic acid groups (broad SMARTS) is 1. The van der Waals surface area contributed by atoms with Crippen molar-refractivity contribution < 1.29 is 29.0 Å². The number of carbonyl (C=O) groups excluding carboxylic acids is 2. The SMILES string of the molecule is CC(C)(C)OC(=O)N[C@@H](Cc1ccccc1)C(=O)OCc1ccc(CC(=O)O)cc1. The molecule has 0 aliphatic rings. The van der Waals surface area contributed by atoms with E-state index in [0.29, 0.717) is 11.1 Å². The summed E-state index contributed by atoms with van der Waals surface area (Å²) in [4.78, 5) is 35.6. The molecule has 0 saturated heterocycles. The molecule has 2 aromatic carbocycles. The first-order valence-electron chi connectivity index (χ1n) is 9.62. The van der Waals surface area contributed by atoms with Crippen molar-refractivity contribution in [3.8, 4) is 0 Å². The van der Waals surface area contributed by atoms with Gasteiger partial charge < -0.3 is 19.9 Å². The van der Waals surface area contributed by atoms with Crippen LogP contribution in [0.2, 0.25) is 0 Å². The molecule has 0 saturated carbocycles. The molecule has 2 N–H and O–H groups in total. The molecule has 0 heterocycles. The van der Waals surface area contributed by atoms with E-state index in [-0.39, 0.29) is 19.4 Å². The number of nitrogens with one attached hydrogen (secondary N) is 1. The van der Waals surface area contributed by atoms with Crippen LogP contribution in [0, 0.1) is 0 Å². The number of rotatable bonds is 8. The number of aliphatic carboxylic acids is 1. The van der Waals surface area contributed by atoms with E-state index >= 15 is 0 Å². The summed E-state index contributed by atoms with van der Waals surface area (Å²) in [6.07, 6.45) is -0.506. The van der Waals surface area contributed by atoms with E-state index in [1.54, 1.807) is 45.0 Å². The van der Waals surface area contributed by atoms with Crippen molar-refractivity contribution in [2.45, 2.75) is 51.9 Å². The van der Waals surface area contributed by atoms with Crippen LogP contribution >= 0.6 is 0 Å². The average molecular weight is 413 g/mol. The molecule has 0 radical (unpaired) electrons. The van der Waals surface area contributed by atoms with Crippen molar-refractivity contribution in [3.63, 3.8) is 0 Å². The molecule has 7 nitrogen and oxygen atoms in total. The third kappa shape index (κ3) is 8.34. The lowest BCUT2D eigenvalue weighted by Gasteiger charge is -2.23. The summed E-state index contributed by atoms with van der Waals surface area (Å²) < 4.78 is 10.6. The normalized spacial score (nSPS) is 12.0. The highest BCUT2D eigenvalue weighted by molar-refractivity contribution is 5.81. The van der Waals surface area contributed by atoms with Gasteiger partial charge in [0.25, 0.3) is 0 Å².